The fourth-order valence-corrected chi connectivity index (χ4v) is 2.46. The summed E-state index contributed by atoms with van der Waals surface area (Å²) in [6.07, 6.45) is 0.663. The Morgan fingerprint density at radius 3 is 2.59 bits per heavy atom. The van der Waals surface area contributed by atoms with Gasteiger partial charge in [-0.25, -0.2) is 19.1 Å². The highest BCUT2D eigenvalue weighted by Crippen LogP contribution is 2.09. The second-order valence-corrected chi connectivity index (χ2v) is 6.22. The zero-order valence-electron chi connectivity index (χ0n) is 16.0. The number of hydrogen-bond donors (Lipinski definition) is 1. The average Bonchev–Trinajstić information content (AvgIpc) is 3.07. The maximum atomic E-state index is 12.1. The van der Waals surface area contributed by atoms with Crippen molar-refractivity contribution in [2.45, 2.75) is 40.2 Å². The number of ether oxygens (including phenoxy) is 2. The Hall–Kier alpha value is -3.04. The number of nitrogens with zero attached hydrogens (tertiary/aromatic N) is 4. The van der Waals surface area contributed by atoms with Crippen LogP contribution in [0.25, 0.3) is 5.78 Å². The van der Waals surface area contributed by atoms with E-state index in [2.05, 4.69) is 20.4 Å². The Morgan fingerprint density at radius 2 is 1.96 bits per heavy atom. The van der Waals surface area contributed by atoms with Gasteiger partial charge in [0.05, 0.1) is 7.11 Å². The topological polar surface area (TPSA) is 125 Å². The van der Waals surface area contributed by atoms with Gasteiger partial charge < -0.3 is 14.8 Å². The molecule has 0 unspecified atom stereocenters. The number of rotatable bonds is 7. The summed E-state index contributed by atoms with van der Waals surface area (Å²) in [5, 5.41) is 6.56. The fraction of sp³-hybridized carbons (Fsp3) is 0.529. The Morgan fingerprint density at radius 1 is 1.26 bits per heavy atom. The van der Waals surface area contributed by atoms with Gasteiger partial charge in [0.1, 0.15) is 6.04 Å². The van der Waals surface area contributed by atoms with Crippen LogP contribution in [0.1, 0.15) is 42.3 Å². The van der Waals surface area contributed by atoms with Gasteiger partial charge in [0.2, 0.25) is 0 Å². The Kier molecular flexibility index (Phi) is 6.43. The standard InChI is InChI=1S/C17H23N5O5/c1-6-9(2)13(15(24)26-5)19-12(23)8-27-16(25)14-20-17-18-10(3)7-11(4)22(17)21-14/h7,9,13H,6,8H2,1-5H3,(H,19,23)/t9-,13+/m0/s1. The molecule has 2 rings (SSSR count). The molecule has 2 aromatic heterocycles. The number of aromatic nitrogens is 4. The minimum Gasteiger partial charge on any atom is -0.467 e. The van der Waals surface area contributed by atoms with Crippen molar-refractivity contribution in [3.8, 4) is 0 Å². The third-order valence-electron chi connectivity index (χ3n) is 4.12. The lowest BCUT2D eigenvalue weighted by atomic mass is 9.99. The van der Waals surface area contributed by atoms with Crippen LogP contribution in [0.15, 0.2) is 6.07 Å². The van der Waals surface area contributed by atoms with Crippen LogP contribution >= 0.6 is 0 Å². The molecular formula is C17H23N5O5. The third-order valence-corrected chi connectivity index (χ3v) is 4.12. The number of methoxy groups -OCH3 is 1. The summed E-state index contributed by atoms with van der Waals surface area (Å²) in [6, 6.07) is 0.987. The van der Waals surface area contributed by atoms with Crippen molar-refractivity contribution in [3.63, 3.8) is 0 Å². The molecule has 146 valence electrons. The first-order valence-corrected chi connectivity index (χ1v) is 8.52. The van der Waals surface area contributed by atoms with Crippen LogP contribution in [0.3, 0.4) is 0 Å². The summed E-state index contributed by atoms with van der Waals surface area (Å²) in [7, 11) is 1.25. The Bertz CT molecular complexity index is 863. The highest BCUT2D eigenvalue weighted by atomic mass is 16.5. The fourth-order valence-electron chi connectivity index (χ4n) is 2.46. The minimum absolute atomic E-state index is 0.130. The van der Waals surface area contributed by atoms with Gasteiger partial charge in [-0.2, -0.15) is 4.98 Å². The molecule has 0 radical (unpaired) electrons. The summed E-state index contributed by atoms with van der Waals surface area (Å²) in [6.45, 7) is 6.74. The molecule has 2 atom stereocenters. The number of fused-ring (bicyclic) bond motifs is 1. The highest BCUT2D eigenvalue weighted by molar-refractivity contribution is 5.89. The summed E-state index contributed by atoms with van der Waals surface area (Å²) < 4.78 is 11.1. The van der Waals surface area contributed by atoms with E-state index < -0.39 is 30.5 Å². The van der Waals surface area contributed by atoms with Gasteiger partial charge in [0, 0.05) is 11.4 Å². The van der Waals surface area contributed by atoms with Crippen molar-refractivity contribution < 1.29 is 23.9 Å². The van der Waals surface area contributed by atoms with Gasteiger partial charge in [0.15, 0.2) is 6.61 Å². The Balaban J connectivity index is 2.01. The quantitative estimate of drug-likeness (QED) is 0.696. The molecule has 0 bridgehead atoms. The zero-order chi connectivity index (χ0) is 20.1. The van der Waals surface area contributed by atoms with Gasteiger partial charge in [-0.3, -0.25) is 4.79 Å². The first-order chi connectivity index (χ1) is 12.8. The molecule has 0 aromatic carbocycles. The van der Waals surface area contributed by atoms with Crippen molar-refractivity contribution in [1.82, 2.24) is 24.9 Å². The van der Waals surface area contributed by atoms with E-state index in [4.69, 9.17) is 9.47 Å². The highest BCUT2D eigenvalue weighted by Gasteiger charge is 2.27. The predicted molar refractivity (Wildman–Crippen MR) is 93.9 cm³/mol. The number of aryl methyl sites for hydroxylation is 2. The third kappa shape index (κ3) is 4.78. The van der Waals surface area contributed by atoms with Crippen molar-refractivity contribution in [2.75, 3.05) is 13.7 Å². The number of carbonyl (C=O) groups excluding carboxylic acids is 3. The lowest BCUT2D eigenvalue weighted by Gasteiger charge is -2.21. The molecule has 27 heavy (non-hydrogen) atoms. The van der Waals surface area contributed by atoms with Crippen LogP contribution in [-0.4, -0.2) is 57.2 Å². The van der Waals surface area contributed by atoms with E-state index in [9.17, 15) is 14.4 Å². The molecule has 1 N–H and O–H groups in total. The van der Waals surface area contributed by atoms with Crippen LogP contribution in [0.4, 0.5) is 0 Å². The lowest BCUT2D eigenvalue weighted by Crippen LogP contribution is -2.47. The van der Waals surface area contributed by atoms with Crippen molar-refractivity contribution in [1.29, 1.82) is 0 Å². The monoisotopic (exact) mass is 377 g/mol. The number of hydrogen-bond acceptors (Lipinski definition) is 8. The molecule has 0 saturated carbocycles. The van der Waals surface area contributed by atoms with E-state index in [1.165, 1.54) is 11.6 Å². The van der Waals surface area contributed by atoms with Crippen LogP contribution < -0.4 is 5.32 Å². The molecule has 0 saturated heterocycles. The lowest BCUT2D eigenvalue weighted by molar-refractivity contribution is -0.147. The molecule has 10 heteroatoms. The number of esters is 2. The normalized spacial score (nSPS) is 13.1. The van der Waals surface area contributed by atoms with Crippen LogP contribution in [-0.2, 0) is 19.1 Å². The summed E-state index contributed by atoms with van der Waals surface area (Å²) in [5.74, 6) is -2.09. The Labute approximate surface area is 156 Å². The van der Waals surface area contributed by atoms with Gasteiger partial charge in [0.25, 0.3) is 17.5 Å². The molecule has 0 spiro atoms. The first-order valence-electron chi connectivity index (χ1n) is 8.52. The molecule has 2 aromatic rings. The van der Waals surface area contributed by atoms with E-state index in [-0.39, 0.29) is 17.5 Å². The predicted octanol–water partition coefficient (Wildman–Crippen LogP) is 0.602. The number of amides is 1. The summed E-state index contributed by atoms with van der Waals surface area (Å²) in [5.41, 5.74) is 1.50. The minimum atomic E-state index is -0.856. The molecular weight excluding hydrogens is 354 g/mol. The summed E-state index contributed by atoms with van der Waals surface area (Å²) >= 11 is 0. The molecule has 2 heterocycles. The number of carbonyl (C=O) groups is 3. The largest absolute Gasteiger partial charge is 0.467 e. The molecule has 0 fully saturated rings. The van der Waals surface area contributed by atoms with Crippen LogP contribution in [0, 0.1) is 19.8 Å². The van der Waals surface area contributed by atoms with E-state index in [0.29, 0.717) is 6.42 Å². The van der Waals surface area contributed by atoms with Gasteiger partial charge in [-0.1, -0.05) is 20.3 Å². The first kappa shape index (κ1) is 20.3. The van der Waals surface area contributed by atoms with Gasteiger partial charge in [-0.05, 0) is 25.8 Å². The van der Waals surface area contributed by atoms with E-state index in [1.54, 1.807) is 19.9 Å². The van der Waals surface area contributed by atoms with Crippen molar-refractivity contribution in [2.24, 2.45) is 5.92 Å². The van der Waals surface area contributed by atoms with Crippen LogP contribution in [0.2, 0.25) is 0 Å². The second kappa shape index (κ2) is 8.56. The van der Waals surface area contributed by atoms with E-state index in [0.717, 1.165) is 11.4 Å². The smallest absolute Gasteiger partial charge is 0.378 e. The molecule has 10 nitrogen and oxygen atoms in total. The maximum Gasteiger partial charge on any atom is 0.378 e. The van der Waals surface area contributed by atoms with Gasteiger partial charge in [-0.15, -0.1) is 5.10 Å². The maximum absolute atomic E-state index is 12.1. The van der Waals surface area contributed by atoms with Crippen molar-refractivity contribution in [3.05, 3.63) is 23.3 Å². The molecule has 0 aliphatic carbocycles. The van der Waals surface area contributed by atoms with Crippen molar-refractivity contribution >= 4 is 23.6 Å². The van der Waals surface area contributed by atoms with E-state index >= 15 is 0 Å². The molecule has 0 aliphatic heterocycles. The molecule has 1 amide bonds. The zero-order valence-corrected chi connectivity index (χ0v) is 16.0. The molecule has 0 aliphatic rings. The SMILES string of the molecule is CC[C@H](C)[C@@H](NC(=O)COC(=O)c1nc2nc(C)cc(C)n2n1)C(=O)OC. The van der Waals surface area contributed by atoms with Crippen LogP contribution in [0.5, 0.6) is 0 Å². The number of nitrogens with one attached hydrogen (secondary N) is 1. The van der Waals surface area contributed by atoms with E-state index in [1.807, 2.05) is 13.8 Å². The second-order valence-electron chi connectivity index (χ2n) is 6.22. The van der Waals surface area contributed by atoms with Gasteiger partial charge >= 0.3 is 11.9 Å². The summed E-state index contributed by atoms with van der Waals surface area (Å²) in [4.78, 5) is 44.2. The average molecular weight is 377 g/mol.